The summed E-state index contributed by atoms with van der Waals surface area (Å²) < 4.78 is 19.0. The topological polar surface area (TPSA) is 69.7 Å². The van der Waals surface area contributed by atoms with E-state index < -0.39 is 5.79 Å². The van der Waals surface area contributed by atoms with Crippen LogP contribution in [0.5, 0.6) is 0 Å². The number of aryl methyl sites for hydroxylation is 1. The lowest BCUT2D eigenvalue weighted by molar-refractivity contribution is -0.181. The number of carbonyl (C=O) groups is 1. The number of hydrogen-bond acceptors (Lipinski definition) is 5. The second kappa shape index (κ2) is 7.17. The van der Waals surface area contributed by atoms with Gasteiger partial charge in [0.15, 0.2) is 11.5 Å². The third-order valence-corrected chi connectivity index (χ3v) is 5.55. The van der Waals surface area contributed by atoms with Crippen molar-refractivity contribution in [3.05, 3.63) is 60.0 Å². The number of hydrogen-bond donors (Lipinski definition) is 0. The number of rotatable bonds is 3. The summed E-state index contributed by atoms with van der Waals surface area (Å²) in [7, 11) is 0. The molecule has 1 spiro atoms. The van der Waals surface area contributed by atoms with Gasteiger partial charge in [-0.3, -0.25) is 4.79 Å². The Morgan fingerprint density at radius 2 is 1.76 bits per heavy atom. The van der Waals surface area contributed by atoms with Crippen LogP contribution in [0, 0.1) is 6.92 Å². The van der Waals surface area contributed by atoms with Crippen LogP contribution in [-0.4, -0.2) is 52.7 Å². The van der Waals surface area contributed by atoms with Crippen LogP contribution in [0.15, 0.2) is 52.9 Å². The molecule has 0 saturated carbocycles. The lowest BCUT2D eigenvalue weighted by atomic mass is 10.0. The average Bonchev–Trinajstić information content (AvgIpc) is 3.49. The summed E-state index contributed by atoms with van der Waals surface area (Å²) >= 11 is 0. The van der Waals surface area contributed by atoms with Gasteiger partial charge in [-0.2, -0.15) is 5.10 Å². The molecule has 1 aromatic carbocycles. The van der Waals surface area contributed by atoms with Gasteiger partial charge >= 0.3 is 0 Å². The van der Waals surface area contributed by atoms with Crippen LogP contribution in [0.4, 0.5) is 0 Å². The third-order valence-electron chi connectivity index (χ3n) is 5.55. The third kappa shape index (κ3) is 3.36. The Labute approximate surface area is 168 Å². The predicted octanol–water partition coefficient (Wildman–Crippen LogP) is 3.42. The molecular weight excluding hydrogens is 370 g/mol. The van der Waals surface area contributed by atoms with Gasteiger partial charge in [0, 0.05) is 32.0 Å². The Bertz CT molecular complexity index is 1010. The van der Waals surface area contributed by atoms with Crippen LogP contribution in [-0.2, 0) is 9.47 Å². The van der Waals surface area contributed by atoms with Crippen molar-refractivity contribution in [1.82, 2.24) is 14.7 Å². The zero-order chi connectivity index (χ0) is 19.8. The van der Waals surface area contributed by atoms with Crippen molar-refractivity contribution in [2.24, 2.45) is 0 Å². The van der Waals surface area contributed by atoms with Gasteiger partial charge in [0.1, 0.15) is 17.1 Å². The van der Waals surface area contributed by atoms with Crippen LogP contribution in [0.2, 0.25) is 0 Å². The van der Waals surface area contributed by atoms with Crippen molar-refractivity contribution in [1.29, 1.82) is 0 Å². The molecule has 150 valence electrons. The highest BCUT2D eigenvalue weighted by atomic mass is 16.7. The lowest BCUT2D eigenvalue weighted by Gasteiger charge is -2.37. The van der Waals surface area contributed by atoms with Gasteiger partial charge in [0.05, 0.1) is 18.9 Å². The second-order valence-electron chi connectivity index (χ2n) is 7.47. The van der Waals surface area contributed by atoms with Gasteiger partial charge in [-0.15, -0.1) is 0 Å². The minimum Gasteiger partial charge on any atom is -0.460 e. The Morgan fingerprint density at radius 3 is 2.41 bits per heavy atom. The minimum atomic E-state index is -0.507. The van der Waals surface area contributed by atoms with Crippen molar-refractivity contribution < 1.29 is 18.7 Å². The Kier molecular flexibility index (Phi) is 4.49. The maximum absolute atomic E-state index is 13.4. The number of aromatic nitrogens is 2. The number of furan rings is 1. The van der Waals surface area contributed by atoms with Gasteiger partial charge in [0.25, 0.3) is 5.91 Å². The van der Waals surface area contributed by atoms with E-state index in [9.17, 15) is 4.79 Å². The van der Waals surface area contributed by atoms with Crippen molar-refractivity contribution >= 4 is 5.91 Å². The molecule has 0 unspecified atom stereocenters. The number of ether oxygens (including phenoxy) is 2. The van der Waals surface area contributed by atoms with Gasteiger partial charge in [-0.25, -0.2) is 4.68 Å². The van der Waals surface area contributed by atoms with Crippen molar-refractivity contribution in [3.63, 3.8) is 0 Å². The smallest absolute Gasteiger partial charge is 0.272 e. The minimum absolute atomic E-state index is 0.0521. The fourth-order valence-electron chi connectivity index (χ4n) is 3.99. The highest BCUT2D eigenvalue weighted by molar-refractivity contribution is 5.94. The average molecular weight is 393 g/mol. The van der Waals surface area contributed by atoms with E-state index in [0.717, 1.165) is 11.4 Å². The van der Waals surface area contributed by atoms with E-state index in [1.165, 1.54) is 0 Å². The Balaban J connectivity index is 1.46. The fraction of sp³-hybridized carbons (Fsp3) is 0.364. The first-order chi connectivity index (χ1) is 14.1. The molecule has 0 bridgehead atoms. The quantitative estimate of drug-likeness (QED) is 0.682. The summed E-state index contributed by atoms with van der Waals surface area (Å²) in [5.74, 6) is 0.896. The molecular formula is C22H23N3O4. The highest BCUT2D eigenvalue weighted by Gasteiger charge is 2.41. The molecule has 0 radical (unpaired) electrons. The number of likely N-dealkylation sites (tertiary alicyclic amines) is 1. The molecule has 2 saturated heterocycles. The molecule has 5 rings (SSSR count). The van der Waals surface area contributed by atoms with Gasteiger partial charge < -0.3 is 18.8 Å². The maximum Gasteiger partial charge on any atom is 0.272 e. The molecule has 0 atom stereocenters. The molecule has 7 nitrogen and oxygen atoms in total. The largest absolute Gasteiger partial charge is 0.460 e. The van der Waals surface area contributed by atoms with Crippen LogP contribution in [0.25, 0.3) is 17.1 Å². The molecule has 2 aliphatic rings. The van der Waals surface area contributed by atoms with Crippen LogP contribution in [0.1, 0.15) is 29.1 Å². The number of nitrogens with zero attached hydrogens (tertiary/aromatic N) is 3. The Morgan fingerprint density at radius 1 is 1.03 bits per heavy atom. The molecule has 0 N–H and O–H groups in total. The molecule has 4 heterocycles. The van der Waals surface area contributed by atoms with E-state index in [1.54, 1.807) is 10.7 Å². The van der Waals surface area contributed by atoms with E-state index in [4.69, 9.17) is 13.9 Å². The molecule has 2 aromatic heterocycles. The molecule has 0 aliphatic carbocycles. The molecule has 2 fully saturated rings. The first-order valence-electron chi connectivity index (χ1n) is 9.93. The zero-order valence-corrected chi connectivity index (χ0v) is 16.3. The maximum atomic E-state index is 13.4. The van der Waals surface area contributed by atoms with Gasteiger partial charge in [-0.05, 0) is 31.2 Å². The molecule has 3 aromatic rings. The number of piperidine rings is 1. The fourth-order valence-corrected chi connectivity index (χ4v) is 3.99. The highest BCUT2D eigenvalue weighted by Crippen LogP contribution is 2.32. The normalized spacial score (nSPS) is 18.4. The van der Waals surface area contributed by atoms with Gasteiger partial charge in [-0.1, -0.05) is 18.2 Å². The molecule has 2 aliphatic heterocycles. The van der Waals surface area contributed by atoms with E-state index >= 15 is 0 Å². The molecule has 1 amide bonds. The lowest BCUT2D eigenvalue weighted by Crippen LogP contribution is -2.47. The van der Waals surface area contributed by atoms with E-state index in [2.05, 4.69) is 5.10 Å². The van der Waals surface area contributed by atoms with E-state index in [1.807, 2.05) is 54.3 Å². The van der Waals surface area contributed by atoms with E-state index in [0.29, 0.717) is 56.3 Å². The summed E-state index contributed by atoms with van der Waals surface area (Å²) in [4.78, 5) is 15.3. The first-order valence-corrected chi connectivity index (χ1v) is 9.93. The van der Waals surface area contributed by atoms with Crippen molar-refractivity contribution in [3.8, 4) is 17.1 Å². The first kappa shape index (κ1) is 18.1. The van der Waals surface area contributed by atoms with E-state index in [-0.39, 0.29) is 5.91 Å². The van der Waals surface area contributed by atoms with Gasteiger partial charge in [0.2, 0.25) is 0 Å². The summed E-state index contributed by atoms with van der Waals surface area (Å²) in [6.07, 6.45) is 1.37. The Hall–Kier alpha value is -2.90. The summed E-state index contributed by atoms with van der Waals surface area (Å²) in [6.45, 7) is 4.32. The molecule has 7 heteroatoms. The number of para-hydroxylation sites is 1. The van der Waals surface area contributed by atoms with Crippen molar-refractivity contribution in [2.45, 2.75) is 25.6 Å². The number of benzene rings is 1. The zero-order valence-electron chi connectivity index (χ0n) is 16.3. The second-order valence-corrected chi connectivity index (χ2v) is 7.47. The summed E-state index contributed by atoms with van der Waals surface area (Å²) in [6, 6.07) is 15.3. The monoisotopic (exact) mass is 393 g/mol. The predicted molar refractivity (Wildman–Crippen MR) is 106 cm³/mol. The number of carbonyl (C=O) groups excluding carboxylic acids is 1. The SMILES string of the molecule is Cc1ccc(-c2cc(C(=O)N3CCC4(CC3)OCCO4)n(-c3ccccc3)n2)o1. The van der Waals surface area contributed by atoms with Crippen LogP contribution >= 0.6 is 0 Å². The summed E-state index contributed by atoms with van der Waals surface area (Å²) in [5, 5.41) is 4.68. The summed E-state index contributed by atoms with van der Waals surface area (Å²) in [5.41, 5.74) is 1.99. The van der Waals surface area contributed by atoms with Crippen molar-refractivity contribution in [2.75, 3.05) is 26.3 Å². The van der Waals surface area contributed by atoms with Crippen LogP contribution in [0.3, 0.4) is 0 Å². The number of amides is 1. The van der Waals surface area contributed by atoms with Crippen LogP contribution < -0.4 is 0 Å². The standard InChI is InChI=1S/C22H23N3O4/c1-16-7-8-20(29-16)18-15-19(25(23-18)17-5-3-2-4-6-17)21(26)24-11-9-22(10-12-24)27-13-14-28-22/h2-8,15H,9-14H2,1H3. The molecule has 29 heavy (non-hydrogen) atoms.